The van der Waals surface area contributed by atoms with Crippen molar-refractivity contribution in [3.05, 3.63) is 89.0 Å². The quantitative estimate of drug-likeness (QED) is 0.539. The molecule has 3 aromatic carbocycles. The molecule has 1 aliphatic rings. The van der Waals surface area contributed by atoms with Gasteiger partial charge in [0.05, 0.1) is 5.56 Å². The summed E-state index contributed by atoms with van der Waals surface area (Å²) in [4.78, 5) is 12.3. The predicted molar refractivity (Wildman–Crippen MR) is 109 cm³/mol. The Balaban J connectivity index is 1.48. The van der Waals surface area contributed by atoms with Gasteiger partial charge in [-0.3, -0.25) is 4.79 Å². The second-order valence-corrected chi connectivity index (χ2v) is 6.96. The van der Waals surface area contributed by atoms with Crippen LogP contribution in [0.15, 0.2) is 66.7 Å². The van der Waals surface area contributed by atoms with Crippen molar-refractivity contribution in [1.82, 2.24) is 0 Å². The first-order valence-corrected chi connectivity index (χ1v) is 9.40. The number of hydrogen-bond donors (Lipinski definition) is 1. The van der Waals surface area contributed by atoms with Gasteiger partial charge in [-0.1, -0.05) is 30.3 Å². The average Bonchev–Trinajstić information content (AvgIpc) is 2.77. The van der Waals surface area contributed by atoms with Crippen LogP contribution >= 0.6 is 0 Å². The number of aromatic hydroxyl groups is 1. The molecular weight excluding hydrogens is 409 g/mol. The molecule has 158 valence electrons. The molecular formula is C24H17F3O4. The van der Waals surface area contributed by atoms with Crippen molar-refractivity contribution >= 4 is 17.4 Å². The van der Waals surface area contributed by atoms with Crippen molar-refractivity contribution in [3.8, 4) is 17.2 Å². The average molecular weight is 426 g/mol. The van der Waals surface area contributed by atoms with E-state index in [0.29, 0.717) is 18.1 Å². The summed E-state index contributed by atoms with van der Waals surface area (Å²) in [6, 6.07) is 16.4. The highest BCUT2D eigenvalue weighted by molar-refractivity contribution is 5.98. The fourth-order valence-corrected chi connectivity index (χ4v) is 3.28. The molecule has 0 bridgehead atoms. The number of fused-ring (bicyclic) bond motifs is 1. The number of ketones is 1. The van der Waals surface area contributed by atoms with Crippen LogP contribution in [0.1, 0.15) is 27.0 Å². The number of phenolic OH excluding ortho intramolecular Hbond substituents is 1. The number of carbonyl (C=O) groups is 1. The van der Waals surface area contributed by atoms with E-state index in [1.807, 2.05) is 6.08 Å². The maximum atomic E-state index is 13.1. The number of rotatable bonds is 5. The summed E-state index contributed by atoms with van der Waals surface area (Å²) < 4.78 is 50.5. The number of halogens is 3. The van der Waals surface area contributed by atoms with Crippen molar-refractivity contribution in [1.29, 1.82) is 0 Å². The molecule has 0 fully saturated rings. The van der Waals surface area contributed by atoms with E-state index in [4.69, 9.17) is 9.47 Å². The minimum atomic E-state index is -4.62. The Hall–Kier alpha value is -3.74. The molecule has 0 atom stereocenters. The van der Waals surface area contributed by atoms with Gasteiger partial charge in [-0.2, -0.15) is 13.2 Å². The molecule has 1 aliphatic heterocycles. The first-order chi connectivity index (χ1) is 14.8. The molecule has 0 saturated heterocycles. The zero-order valence-corrected chi connectivity index (χ0v) is 16.1. The van der Waals surface area contributed by atoms with E-state index >= 15 is 0 Å². The summed E-state index contributed by atoms with van der Waals surface area (Å²) in [5.74, 6) is 0.276. The highest BCUT2D eigenvalue weighted by Gasteiger charge is 2.34. The molecule has 0 unspecified atom stereocenters. The Labute approximate surface area is 176 Å². The summed E-state index contributed by atoms with van der Waals surface area (Å²) in [6.07, 6.45) is -2.67. The second kappa shape index (κ2) is 8.18. The van der Waals surface area contributed by atoms with E-state index in [1.54, 1.807) is 42.5 Å². The highest BCUT2D eigenvalue weighted by Crippen LogP contribution is 2.34. The van der Waals surface area contributed by atoms with Crippen LogP contribution in [0.5, 0.6) is 17.2 Å². The van der Waals surface area contributed by atoms with Crippen LogP contribution < -0.4 is 9.47 Å². The molecule has 0 aliphatic carbocycles. The number of ether oxygens (including phenoxy) is 2. The third-order valence-corrected chi connectivity index (χ3v) is 4.84. The predicted octanol–water partition coefficient (Wildman–Crippen LogP) is 5.61. The summed E-state index contributed by atoms with van der Waals surface area (Å²) >= 11 is 0. The molecule has 1 N–H and O–H groups in total. The molecule has 3 aromatic rings. The lowest BCUT2D eigenvalue weighted by Crippen LogP contribution is -2.18. The molecule has 0 radical (unpaired) electrons. The van der Waals surface area contributed by atoms with Crippen LogP contribution in [0.2, 0.25) is 0 Å². The van der Waals surface area contributed by atoms with Crippen LogP contribution in [0, 0.1) is 0 Å². The van der Waals surface area contributed by atoms with Gasteiger partial charge in [0.15, 0.2) is 6.61 Å². The molecule has 0 aromatic heterocycles. The maximum Gasteiger partial charge on any atom is 0.417 e. The fourth-order valence-electron chi connectivity index (χ4n) is 3.28. The van der Waals surface area contributed by atoms with Crippen LogP contribution in [0.3, 0.4) is 0 Å². The van der Waals surface area contributed by atoms with E-state index in [2.05, 4.69) is 0 Å². The molecule has 4 rings (SSSR count). The van der Waals surface area contributed by atoms with Gasteiger partial charge in [0, 0.05) is 17.2 Å². The molecule has 4 nitrogen and oxygen atoms in total. The monoisotopic (exact) mass is 426 g/mol. The Morgan fingerprint density at radius 3 is 2.52 bits per heavy atom. The number of benzene rings is 3. The summed E-state index contributed by atoms with van der Waals surface area (Å²) in [5, 5.41) is 9.42. The summed E-state index contributed by atoms with van der Waals surface area (Å²) in [6.45, 7) is -0.223. The molecule has 1 heterocycles. The Kier molecular flexibility index (Phi) is 5.42. The van der Waals surface area contributed by atoms with Gasteiger partial charge in [0.2, 0.25) is 5.78 Å². The Morgan fingerprint density at radius 2 is 1.77 bits per heavy atom. The van der Waals surface area contributed by atoms with Crippen molar-refractivity contribution in [2.24, 2.45) is 0 Å². The number of hydrogen-bond acceptors (Lipinski definition) is 4. The smallest absolute Gasteiger partial charge is 0.417 e. The van der Waals surface area contributed by atoms with Crippen molar-refractivity contribution < 1.29 is 32.5 Å². The van der Waals surface area contributed by atoms with Crippen molar-refractivity contribution in [2.75, 3.05) is 13.2 Å². The number of carbonyl (C=O) groups excluding carboxylic acids is 1. The van der Waals surface area contributed by atoms with Gasteiger partial charge in [-0.15, -0.1) is 0 Å². The number of alkyl halides is 3. The van der Waals surface area contributed by atoms with E-state index in [9.17, 15) is 23.1 Å². The van der Waals surface area contributed by atoms with E-state index in [1.165, 1.54) is 12.1 Å². The van der Waals surface area contributed by atoms with Crippen molar-refractivity contribution in [2.45, 2.75) is 6.18 Å². The van der Waals surface area contributed by atoms with Crippen LogP contribution in [0.4, 0.5) is 13.2 Å². The Bertz CT molecular complexity index is 1150. The Morgan fingerprint density at radius 1 is 1.03 bits per heavy atom. The molecule has 0 saturated carbocycles. The van der Waals surface area contributed by atoms with Crippen LogP contribution in [0.25, 0.3) is 11.6 Å². The lowest BCUT2D eigenvalue weighted by molar-refractivity contribution is -0.137. The third-order valence-electron chi connectivity index (χ3n) is 4.84. The minimum Gasteiger partial charge on any atom is -0.508 e. The summed E-state index contributed by atoms with van der Waals surface area (Å²) in [5.41, 5.74) is 1.24. The largest absolute Gasteiger partial charge is 0.508 e. The minimum absolute atomic E-state index is 0.177. The first-order valence-electron chi connectivity index (χ1n) is 9.40. The fraction of sp³-hybridized carbons (Fsp3) is 0.125. The standard InChI is InChI=1S/C24H17F3O4/c25-24(26,27)21-4-2-1-3-20(21)22(29)14-30-19-10-7-16-11-17(13-31-23(16)12-19)15-5-8-18(28)9-6-15/h1-12,28H,13-14H2. The second-order valence-electron chi connectivity index (χ2n) is 6.96. The van der Waals surface area contributed by atoms with Gasteiger partial charge in [-0.25, -0.2) is 0 Å². The lowest BCUT2D eigenvalue weighted by Gasteiger charge is -2.19. The normalized spacial score (nSPS) is 13.1. The zero-order chi connectivity index (χ0) is 22.0. The van der Waals surface area contributed by atoms with Crippen LogP contribution in [-0.2, 0) is 6.18 Å². The molecule has 0 spiro atoms. The summed E-state index contributed by atoms with van der Waals surface area (Å²) in [7, 11) is 0. The van der Waals surface area contributed by atoms with Gasteiger partial charge >= 0.3 is 6.18 Å². The number of phenols is 1. The van der Waals surface area contributed by atoms with Gasteiger partial charge in [-0.05, 0) is 47.5 Å². The molecule has 31 heavy (non-hydrogen) atoms. The maximum absolute atomic E-state index is 13.1. The SMILES string of the molecule is O=C(COc1ccc2c(c1)OCC(c1ccc(O)cc1)=C2)c1ccccc1C(F)(F)F. The van der Waals surface area contributed by atoms with Gasteiger partial charge in [0.1, 0.15) is 23.9 Å². The van der Waals surface area contributed by atoms with Crippen LogP contribution in [-0.4, -0.2) is 24.1 Å². The van der Waals surface area contributed by atoms with E-state index < -0.39 is 29.7 Å². The highest BCUT2D eigenvalue weighted by atomic mass is 19.4. The van der Waals surface area contributed by atoms with E-state index in [0.717, 1.165) is 28.8 Å². The third kappa shape index (κ3) is 4.55. The lowest BCUT2D eigenvalue weighted by atomic mass is 10.0. The first kappa shape index (κ1) is 20.5. The van der Waals surface area contributed by atoms with Crippen molar-refractivity contribution in [3.63, 3.8) is 0 Å². The molecule has 0 amide bonds. The topological polar surface area (TPSA) is 55.8 Å². The van der Waals surface area contributed by atoms with E-state index in [-0.39, 0.29) is 5.75 Å². The van der Waals surface area contributed by atoms with Gasteiger partial charge < -0.3 is 14.6 Å². The molecule has 7 heteroatoms. The number of Topliss-reactive ketones (excluding diaryl/α,β-unsaturated/α-hetero) is 1. The van der Waals surface area contributed by atoms with Gasteiger partial charge in [0.25, 0.3) is 0 Å². The zero-order valence-electron chi connectivity index (χ0n) is 16.1.